The van der Waals surface area contributed by atoms with Crippen LogP contribution in [0.2, 0.25) is 0 Å². The number of rotatable bonds is 6. The highest BCUT2D eigenvalue weighted by Gasteiger charge is 2.29. The molecule has 50 heavy (non-hydrogen) atoms. The minimum atomic E-state index is 0.641. The summed E-state index contributed by atoms with van der Waals surface area (Å²) < 4.78 is 6.60. The molecule has 1 aromatic heterocycles. The lowest BCUT2D eigenvalue weighted by Gasteiger charge is -2.26. The quantitative estimate of drug-likeness (QED) is 0.170. The molecule has 234 valence electrons. The minimum Gasteiger partial charge on any atom is -0.435 e. The third kappa shape index (κ3) is 4.63. The van der Waals surface area contributed by atoms with Crippen LogP contribution in [0.3, 0.4) is 0 Å². The van der Waals surface area contributed by atoms with Gasteiger partial charge in [0, 0.05) is 39.1 Å². The number of hydrogen-bond acceptors (Lipinski definition) is 3. The summed E-state index contributed by atoms with van der Waals surface area (Å²) >= 11 is 0. The first-order valence-electron chi connectivity index (χ1n) is 17.0. The van der Waals surface area contributed by atoms with Crippen molar-refractivity contribution in [3.8, 4) is 56.3 Å². The maximum atomic E-state index is 6.60. The maximum Gasteiger partial charge on any atom is 0.227 e. The van der Waals surface area contributed by atoms with Crippen LogP contribution < -0.4 is 4.90 Å². The van der Waals surface area contributed by atoms with E-state index in [4.69, 9.17) is 9.40 Å². The zero-order valence-electron chi connectivity index (χ0n) is 27.1. The third-order valence-electron chi connectivity index (χ3n) is 9.81. The predicted molar refractivity (Wildman–Crippen MR) is 207 cm³/mol. The van der Waals surface area contributed by atoms with Crippen molar-refractivity contribution in [1.82, 2.24) is 4.98 Å². The summed E-state index contributed by atoms with van der Waals surface area (Å²) in [5, 5.41) is 4.77. The van der Waals surface area contributed by atoms with Gasteiger partial charge in [-0.05, 0) is 93.0 Å². The van der Waals surface area contributed by atoms with Crippen molar-refractivity contribution in [2.45, 2.75) is 0 Å². The normalized spacial score (nSPS) is 11.6. The van der Waals surface area contributed by atoms with E-state index in [1.54, 1.807) is 0 Å². The lowest BCUT2D eigenvalue weighted by atomic mass is 9.96. The molecule has 0 saturated heterocycles. The van der Waals surface area contributed by atoms with E-state index in [1.807, 2.05) is 6.07 Å². The Labute approximate surface area is 290 Å². The van der Waals surface area contributed by atoms with E-state index < -0.39 is 0 Å². The Morgan fingerprint density at radius 3 is 1.76 bits per heavy atom. The number of anilines is 3. The van der Waals surface area contributed by atoms with Crippen LogP contribution in [-0.4, -0.2) is 4.98 Å². The highest BCUT2D eigenvalue weighted by atomic mass is 16.4. The number of nitrogens with zero attached hydrogens (tertiary/aromatic N) is 2. The maximum absolute atomic E-state index is 6.60. The van der Waals surface area contributed by atoms with Gasteiger partial charge >= 0.3 is 0 Å². The molecule has 0 amide bonds. The molecule has 0 spiro atoms. The van der Waals surface area contributed by atoms with Gasteiger partial charge in [-0.2, -0.15) is 0 Å². The van der Waals surface area contributed by atoms with Gasteiger partial charge in [0.15, 0.2) is 5.76 Å². The van der Waals surface area contributed by atoms with Crippen molar-refractivity contribution in [3.05, 3.63) is 182 Å². The Bertz CT molecular complexity index is 2680. The summed E-state index contributed by atoms with van der Waals surface area (Å²) in [6, 6.07) is 64.4. The van der Waals surface area contributed by atoms with Crippen molar-refractivity contribution in [3.63, 3.8) is 0 Å². The van der Waals surface area contributed by atoms with Gasteiger partial charge in [0.05, 0.1) is 0 Å². The first-order chi connectivity index (χ1) is 24.8. The molecular weight excluding hydrogens is 609 g/mol. The first-order valence-corrected chi connectivity index (χ1v) is 17.0. The average molecular weight is 639 g/mol. The van der Waals surface area contributed by atoms with E-state index in [0.717, 1.165) is 50.8 Å². The van der Waals surface area contributed by atoms with Crippen molar-refractivity contribution >= 4 is 38.6 Å². The van der Waals surface area contributed by atoms with Crippen molar-refractivity contribution in [2.75, 3.05) is 4.90 Å². The van der Waals surface area contributed by atoms with E-state index in [-0.39, 0.29) is 0 Å². The molecule has 3 nitrogen and oxygen atoms in total. The van der Waals surface area contributed by atoms with Gasteiger partial charge in [-0.1, -0.05) is 127 Å². The molecule has 1 aliphatic carbocycles. The second-order valence-corrected chi connectivity index (χ2v) is 12.8. The van der Waals surface area contributed by atoms with Crippen LogP contribution in [0.4, 0.5) is 17.1 Å². The average Bonchev–Trinajstić information content (AvgIpc) is 3.76. The molecule has 1 aliphatic rings. The largest absolute Gasteiger partial charge is 0.435 e. The number of aromatic nitrogens is 1. The van der Waals surface area contributed by atoms with Crippen LogP contribution in [0.25, 0.3) is 77.8 Å². The molecule has 1 heterocycles. The monoisotopic (exact) mass is 638 g/mol. The molecule has 0 N–H and O–H groups in total. The molecule has 0 radical (unpaired) electrons. The number of benzene rings is 8. The summed E-state index contributed by atoms with van der Waals surface area (Å²) in [6.07, 6.45) is 0. The van der Waals surface area contributed by atoms with Crippen LogP contribution >= 0.6 is 0 Å². The molecule has 0 unspecified atom stereocenters. The molecule has 0 aliphatic heterocycles. The van der Waals surface area contributed by atoms with Gasteiger partial charge in [0.1, 0.15) is 5.69 Å². The Hall–Kier alpha value is -6.71. The zero-order valence-corrected chi connectivity index (χ0v) is 27.1. The van der Waals surface area contributed by atoms with Gasteiger partial charge in [-0.3, -0.25) is 0 Å². The van der Waals surface area contributed by atoms with Gasteiger partial charge in [0.2, 0.25) is 5.89 Å². The van der Waals surface area contributed by atoms with Crippen LogP contribution in [0, 0.1) is 0 Å². The summed E-state index contributed by atoms with van der Waals surface area (Å²) in [4.78, 5) is 7.45. The summed E-state index contributed by atoms with van der Waals surface area (Å²) in [6.45, 7) is 0. The van der Waals surface area contributed by atoms with E-state index >= 15 is 0 Å². The van der Waals surface area contributed by atoms with Gasteiger partial charge in [0.25, 0.3) is 0 Å². The molecule has 0 saturated carbocycles. The number of para-hydroxylation sites is 1. The van der Waals surface area contributed by atoms with Crippen LogP contribution in [0.15, 0.2) is 186 Å². The third-order valence-corrected chi connectivity index (χ3v) is 9.81. The van der Waals surface area contributed by atoms with E-state index in [0.29, 0.717) is 5.89 Å². The van der Waals surface area contributed by atoms with Crippen molar-refractivity contribution < 1.29 is 4.42 Å². The van der Waals surface area contributed by atoms with E-state index in [9.17, 15) is 0 Å². The SMILES string of the molecule is c1ccc(-c2ccc(N(c3ccccc3)c3ccc4cc5c6c(cccc6c4c3)-c3oc(-c4cccc(-c6ccccc6)c4)nc3-5)cc2)cc1. The lowest BCUT2D eigenvalue weighted by molar-refractivity contribution is 0.590. The van der Waals surface area contributed by atoms with Gasteiger partial charge < -0.3 is 9.32 Å². The van der Waals surface area contributed by atoms with E-state index in [2.05, 4.69) is 181 Å². The Kier molecular flexibility index (Phi) is 6.49. The zero-order chi connectivity index (χ0) is 33.0. The molecule has 0 fully saturated rings. The fourth-order valence-electron chi connectivity index (χ4n) is 7.44. The highest BCUT2D eigenvalue weighted by Crippen LogP contribution is 2.51. The second kappa shape index (κ2) is 11.5. The highest BCUT2D eigenvalue weighted by molar-refractivity contribution is 6.22. The smallest absolute Gasteiger partial charge is 0.227 e. The first kappa shape index (κ1) is 28.3. The van der Waals surface area contributed by atoms with E-state index in [1.165, 1.54) is 38.2 Å². The van der Waals surface area contributed by atoms with Crippen LogP contribution in [-0.2, 0) is 0 Å². The minimum absolute atomic E-state index is 0.641. The van der Waals surface area contributed by atoms with Crippen LogP contribution in [0.1, 0.15) is 0 Å². The summed E-state index contributed by atoms with van der Waals surface area (Å²) in [5.74, 6) is 1.48. The van der Waals surface area contributed by atoms with Gasteiger partial charge in [-0.15, -0.1) is 0 Å². The molecule has 8 aromatic carbocycles. The Morgan fingerprint density at radius 2 is 1.00 bits per heavy atom. The molecule has 0 atom stereocenters. The Balaban J connectivity index is 1.07. The lowest BCUT2D eigenvalue weighted by Crippen LogP contribution is -2.09. The summed E-state index contributed by atoms with van der Waals surface area (Å²) in [7, 11) is 0. The topological polar surface area (TPSA) is 29.3 Å². The number of fused-ring (bicyclic) bond motifs is 5. The Morgan fingerprint density at radius 1 is 0.400 bits per heavy atom. The van der Waals surface area contributed by atoms with Gasteiger partial charge in [-0.25, -0.2) is 4.98 Å². The second-order valence-electron chi connectivity index (χ2n) is 12.8. The van der Waals surface area contributed by atoms with Crippen LogP contribution in [0.5, 0.6) is 0 Å². The molecule has 3 heteroatoms. The molecule has 0 bridgehead atoms. The standard InChI is InChI=1S/C47H30N2O/c1-4-12-31(13-5-1)33-22-25-38(26-23-33)49(37-18-8-3-9-19-37)39-27-24-35-29-43-44-40(42(35)30-39)20-11-21-41(44)46-45(43)48-47(50-46)36-17-10-16-34(28-36)32-14-6-2-7-15-32/h1-30H. The van der Waals surface area contributed by atoms with Crippen molar-refractivity contribution in [1.29, 1.82) is 0 Å². The van der Waals surface area contributed by atoms with Crippen molar-refractivity contribution in [2.24, 2.45) is 0 Å². The molecule has 9 aromatic rings. The summed E-state index contributed by atoms with van der Waals surface area (Å²) in [5.41, 5.74) is 12.1. The fourth-order valence-corrected chi connectivity index (χ4v) is 7.44. The predicted octanol–water partition coefficient (Wildman–Crippen LogP) is 13.1. The number of oxazole rings is 1. The number of hydrogen-bond donors (Lipinski definition) is 0. The molecule has 10 rings (SSSR count). The molecular formula is C47H30N2O. The fraction of sp³-hybridized carbons (Fsp3) is 0.